The first-order valence-corrected chi connectivity index (χ1v) is 10.1. The van der Waals surface area contributed by atoms with E-state index in [2.05, 4.69) is 12.1 Å². The van der Waals surface area contributed by atoms with Crippen LogP contribution in [0.2, 0.25) is 0 Å². The van der Waals surface area contributed by atoms with Crippen molar-refractivity contribution in [3.05, 3.63) is 109 Å². The quantitative estimate of drug-likeness (QED) is 0.369. The molecule has 5 rings (SSSR count). The Hall–Kier alpha value is -4.31. The molecule has 0 spiro atoms. The second kappa shape index (κ2) is 8.20. The zero-order valence-electron chi connectivity index (χ0n) is 16.8. The monoisotopic (exact) mass is 400 g/mol. The van der Waals surface area contributed by atoms with Gasteiger partial charge in [-0.15, -0.1) is 0 Å². The molecule has 0 unspecified atom stereocenters. The standard InChI is InChI=1S/C27H20N4/c28-24-18-22(16-17-23(24)19-10-4-1-5-11-19)27-30-25(20-12-6-2-7-13-20)29-26(31-27)21-14-8-3-9-15-21/h1-18H,28H2. The largest absolute Gasteiger partial charge is 0.398 e. The van der Waals surface area contributed by atoms with E-state index in [4.69, 9.17) is 20.7 Å². The molecule has 0 aliphatic carbocycles. The van der Waals surface area contributed by atoms with Gasteiger partial charge in [-0.1, -0.05) is 103 Å². The predicted octanol–water partition coefficient (Wildman–Crippen LogP) is 6.12. The molecule has 5 aromatic rings. The molecule has 31 heavy (non-hydrogen) atoms. The van der Waals surface area contributed by atoms with Crippen LogP contribution in [-0.4, -0.2) is 15.0 Å². The highest BCUT2D eigenvalue weighted by Gasteiger charge is 2.13. The van der Waals surface area contributed by atoms with Crippen molar-refractivity contribution >= 4 is 5.69 Å². The molecule has 4 nitrogen and oxygen atoms in total. The van der Waals surface area contributed by atoms with Gasteiger partial charge >= 0.3 is 0 Å². The number of aromatic nitrogens is 3. The van der Waals surface area contributed by atoms with E-state index < -0.39 is 0 Å². The molecular weight excluding hydrogens is 380 g/mol. The number of hydrogen-bond donors (Lipinski definition) is 1. The lowest BCUT2D eigenvalue weighted by Gasteiger charge is -2.11. The molecule has 1 aromatic heterocycles. The average Bonchev–Trinajstić information content (AvgIpc) is 2.85. The van der Waals surface area contributed by atoms with Crippen molar-refractivity contribution in [2.24, 2.45) is 0 Å². The molecule has 0 fully saturated rings. The lowest BCUT2D eigenvalue weighted by atomic mass is 10.0. The summed E-state index contributed by atoms with van der Waals surface area (Å²) in [6.07, 6.45) is 0. The second-order valence-corrected chi connectivity index (χ2v) is 7.21. The number of hydrogen-bond acceptors (Lipinski definition) is 4. The van der Waals surface area contributed by atoms with Gasteiger partial charge in [0.15, 0.2) is 17.5 Å². The average molecular weight is 400 g/mol. The Balaban J connectivity index is 1.64. The third kappa shape index (κ3) is 3.91. The summed E-state index contributed by atoms with van der Waals surface area (Å²) in [5.41, 5.74) is 11.9. The predicted molar refractivity (Wildman–Crippen MR) is 126 cm³/mol. The minimum Gasteiger partial charge on any atom is -0.398 e. The molecule has 4 heteroatoms. The van der Waals surface area contributed by atoms with Crippen LogP contribution in [0.25, 0.3) is 45.3 Å². The number of rotatable bonds is 4. The first-order chi connectivity index (χ1) is 15.3. The molecule has 0 atom stereocenters. The van der Waals surface area contributed by atoms with Crippen LogP contribution in [0.5, 0.6) is 0 Å². The normalized spacial score (nSPS) is 10.7. The van der Waals surface area contributed by atoms with Crippen LogP contribution in [0.1, 0.15) is 0 Å². The van der Waals surface area contributed by atoms with Crippen LogP contribution in [0.4, 0.5) is 5.69 Å². The van der Waals surface area contributed by atoms with Gasteiger partial charge in [0.1, 0.15) is 0 Å². The van der Waals surface area contributed by atoms with Crippen molar-refractivity contribution in [2.45, 2.75) is 0 Å². The van der Waals surface area contributed by atoms with Gasteiger partial charge in [0.05, 0.1) is 0 Å². The SMILES string of the molecule is Nc1cc(-c2nc(-c3ccccc3)nc(-c3ccccc3)n2)ccc1-c1ccccc1. The minimum atomic E-state index is 0.596. The van der Waals surface area contributed by atoms with Crippen LogP contribution in [0.15, 0.2) is 109 Å². The van der Waals surface area contributed by atoms with E-state index in [9.17, 15) is 0 Å². The Morgan fingerprint density at radius 3 is 1.29 bits per heavy atom. The smallest absolute Gasteiger partial charge is 0.164 e. The second-order valence-electron chi connectivity index (χ2n) is 7.21. The van der Waals surface area contributed by atoms with Gasteiger partial charge in [-0.2, -0.15) is 0 Å². The molecular formula is C27H20N4. The summed E-state index contributed by atoms with van der Waals surface area (Å²) in [5, 5.41) is 0. The molecule has 0 bridgehead atoms. The maximum absolute atomic E-state index is 6.42. The van der Waals surface area contributed by atoms with Gasteiger partial charge in [0.25, 0.3) is 0 Å². The van der Waals surface area contributed by atoms with E-state index in [1.807, 2.05) is 97.1 Å². The van der Waals surface area contributed by atoms with Crippen molar-refractivity contribution in [1.29, 1.82) is 0 Å². The summed E-state index contributed by atoms with van der Waals surface area (Å²) in [7, 11) is 0. The van der Waals surface area contributed by atoms with Crippen molar-refractivity contribution in [3.63, 3.8) is 0 Å². The third-order valence-corrected chi connectivity index (χ3v) is 5.09. The number of anilines is 1. The molecule has 0 saturated heterocycles. The lowest BCUT2D eigenvalue weighted by Crippen LogP contribution is -2.00. The highest BCUT2D eigenvalue weighted by Crippen LogP contribution is 2.31. The topological polar surface area (TPSA) is 64.7 Å². The van der Waals surface area contributed by atoms with Crippen LogP contribution < -0.4 is 5.73 Å². The number of benzene rings is 4. The molecule has 4 aromatic carbocycles. The lowest BCUT2D eigenvalue weighted by molar-refractivity contribution is 1.07. The van der Waals surface area contributed by atoms with Gasteiger partial charge < -0.3 is 5.73 Å². The zero-order valence-corrected chi connectivity index (χ0v) is 16.8. The summed E-state index contributed by atoms with van der Waals surface area (Å²) in [6, 6.07) is 36.0. The Kier molecular flexibility index (Phi) is 4.95. The Labute approximate surface area is 181 Å². The molecule has 0 amide bonds. The van der Waals surface area contributed by atoms with E-state index in [0.717, 1.165) is 27.8 Å². The number of nitrogens with zero attached hydrogens (tertiary/aromatic N) is 3. The van der Waals surface area contributed by atoms with Gasteiger partial charge in [0.2, 0.25) is 0 Å². The molecule has 148 valence electrons. The van der Waals surface area contributed by atoms with E-state index in [1.165, 1.54) is 0 Å². The van der Waals surface area contributed by atoms with Crippen LogP contribution >= 0.6 is 0 Å². The van der Waals surface area contributed by atoms with E-state index in [0.29, 0.717) is 23.2 Å². The summed E-state index contributed by atoms with van der Waals surface area (Å²) in [4.78, 5) is 14.3. The molecule has 0 saturated carbocycles. The first kappa shape index (κ1) is 18.7. The zero-order chi connectivity index (χ0) is 21.0. The third-order valence-electron chi connectivity index (χ3n) is 5.09. The molecule has 0 radical (unpaired) electrons. The Morgan fingerprint density at radius 2 is 0.839 bits per heavy atom. The molecule has 2 N–H and O–H groups in total. The van der Waals surface area contributed by atoms with Crippen LogP contribution in [0, 0.1) is 0 Å². The Bertz CT molecular complexity index is 1260. The van der Waals surface area contributed by atoms with Gasteiger partial charge in [0, 0.05) is 27.9 Å². The van der Waals surface area contributed by atoms with Gasteiger partial charge in [-0.3, -0.25) is 0 Å². The van der Waals surface area contributed by atoms with Crippen molar-refractivity contribution < 1.29 is 0 Å². The van der Waals surface area contributed by atoms with Gasteiger partial charge in [-0.25, -0.2) is 15.0 Å². The summed E-state index contributed by atoms with van der Waals surface area (Å²) >= 11 is 0. The number of nitrogens with two attached hydrogens (primary N) is 1. The Morgan fingerprint density at radius 1 is 0.419 bits per heavy atom. The van der Waals surface area contributed by atoms with Crippen molar-refractivity contribution in [2.75, 3.05) is 5.73 Å². The minimum absolute atomic E-state index is 0.596. The fourth-order valence-electron chi connectivity index (χ4n) is 3.52. The fraction of sp³-hybridized carbons (Fsp3) is 0. The maximum atomic E-state index is 6.42. The van der Waals surface area contributed by atoms with E-state index >= 15 is 0 Å². The fourth-order valence-corrected chi connectivity index (χ4v) is 3.52. The molecule has 0 aliphatic heterocycles. The van der Waals surface area contributed by atoms with Gasteiger partial charge in [-0.05, 0) is 11.6 Å². The van der Waals surface area contributed by atoms with E-state index in [1.54, 1.807) is 0 Å². The maximum Gasteiger partial charge on any atom is 0.164 e. The van der Waals surface area contributed by atoms with Crippen molar-refractivity contribution in [3.8, 4) is 45.3 Å². The first-order valence-electron chi connectivity index (χ1n) is 10.1. The van der Waals surface area contributed by atoms with E-state index in [-0.39, 0.29) is 0 Å². The highest BCUT2D eigenvalue weighted by molar-refractivity contribution is 5.80. The molecule has 0 aliphatic rings. The number of nitrogen functional groups attached to an aromatic ring is 1. The summed E-state index contributed by atoms with van der Waals surface area (Å²) in [5.74, 6) is 1.87. The van der Waals surface area contributed by atoms with Crippen LogP contribution in [0.3, 0.4) is 0 Å². The van der Waals surface area contributed by atoms with Crippen LogP contribution in [-0.2, 0) is 0 Å². The summed E-state index contributed by atoms with van der Waals surface area (Å²) < 4.78 is 0. The highest BCUT2D eigenvalue weighted by atomic mass is 15.0. The molecule has 1 heterocycles. The van der Waals surface area contributed by atoms with Crippen molar-refractivity contribution in [1.82, 2.24) is 15.0 Å². The summed E-state index contributed by atoms with van der Waals surface area (Å²) in [6.45, 7) is 0.